The van der Waals surface area contributed by atoms with Gasteiger partial charge in [0.2, 0.25) is 0 Å². The molecular weight excluding hydrogens is 279 g/mol. The molecule has 1 saturated heterocycles. The number of nitrogens with zero attached hydrogens (tertiary/aromatic N) is 1. The maximum absolute atomic E-state index is 6.29. The highest BCUT2D eigenvalue weighted by Crippen LogP contribution is 2.24. The molecule has 106 valence electrons. The van der Waals surface area contributed by atoms with Crippen molar-refractivity contribution in [3.8, 4) is 0 Å². The number of hydrogen-bond acceptors (Lipinski definition) is 2. The monoisotopic (exact) mass is 300 g/mol. The minimum absolute atomic E-state index is 0.625. The van der Waals surface area contributed by atoms with Crippen LogP contribution in [0.5, 0.6) is 0 Å². The fraction of sp³-hybridized carbons (Fsp3) is 0.600. The summed E-state index contributed by atoms with van der Waals surface area (Å²) in [5, 5.41) is 4.97. The second-order valence-corrected chi connectivity index (χ2v) is 6.05. The molecule has 0 saturated carbocycles. The third kappa shape index (κ3) is 4.35. The lowest BCUT2D eigenvalue weighted by Crippen LogP contribution is -2.45. The highest BCUT2D eigenvalue weighted by atomic mass is 35.5. The summed E-state index contributed by atoms with van der Waals surface area (Å²) in [6.45, 7) is 6.50. The van der Waals surface area contributed by atoms with E-state index in [-0.39, 0.29) is 0 Å². The lowest BCUT2D eigenvalue weighted by Gasteiger charge is -2.34. The molecule has 0 aromatic heterocycles. The molecule has 0 bridgehead atoms. The van der Waals surface area contributed by atoms with Crippen molar-refractivity contribution in [1.29, 1.82) is 0 Å². The quantitative estimate of drug-likeness (QED) is 0.885. The molecule has 1 aromatic rings. The van der Waals surface area contributed by atoms with Crippen LogP contribution in [0, 0.1) is 0 Å². The third-order valence-corrected chi connectivity index (χ3v) is 4.27. The Kier molecular flexibility index (Phi) is 5.96. The van der Waals surface area contributed by atoms with Gasteiger partial charge in [0.25, 0.3) is 0 Å². The van der Waals surface area contributed by atoms with Gasteiger partial charge in [0.15, 0.2) is 0 Å². The van der Waals surface area contributed by atoms with E-state index in [4.69, 9.17) is 23.2 Å². The van der Waals surface area contributed by atoms with E-state index in [1.54, 1.807) is 0 Å². The largest absolute Gasteiger partial charge is 0.315 e. The lowest BCUT2D eigenvalue weighted by atomic mass is 10.0. The molecule has 1 aliphatic heterocycles. The van der Waals surface area contributed by atoms with Gasteiger partial charge >= 0.3 is 0 Å². The van der Waals surface area contributed by atoms with Gasteiger partial charge in [-0.05, 0) is 50.0 Å². The van der Waals surface area contributed by atoms with Crippen molar-refractivity contribution in [3.63, 3.8) is 0 Å². The average molecular weight is 301 g/mol. The summed E-state index contributed by atoms with van der Waals surface area (Å²) in [5.74, 6) is 0. The molecule has 2 nitrogen and oxygen atoms in total. The Balaban J connectivity index is 2.06. The summed E-state index contributed by atoms with van der Waals surface area (Å²) in [6, 6.07) is 6.43. The number of halogens is 2. The Hall–Kier alpha value is -0.280. The predicted molar refractivity (Wildman–Crippen MR) is 83.1 cm³/mol. The molecule has 1 N–H and O–H groups in total. The summed E-state index contributed by atoms with van der Waals surface area (Å²) in [7, 11) is 0. The van der Waals surface area contributed by atoms with Crippen LogP contribution in [0.3, 0.4) is 0 Å². The molecule has 0 spiro atoms. The predicted octanol–water partition coefficient (Wildman–Crippen LogP) is 3.96. The zero-order chi connectivity index (χ0) is 13.7. The molecule has 0 radical (unpaired) electrons. The second-order valence-electron chi connectivity index (χ2n) is 5.21. The molecule has 1 aromatic carbocycles. The SMILES string of the molecule is CCCN(Cc1ccc(Cl)cc1Cl)C1CCCNC1. The first-order valence-electron chi connectivity index (χ1n) is 7.09. The highest BCUT2D eigenvalue weighted by Gasteiger charge is 2.21. The molecule has 2 rings (SSSR count). The Labute approximate surface area is 126 Å². The molecule has 1 unspecified atom stereocenters. The van der Waals surface area contributed by atoms with Crippen LogP contribution in [-0.2, 0) is 6.54 Å². The van der Waals surface area contributed by atoms with Gasteiger partial charge in [0.05, 0.1) is 0 Å². The van der Waals surface area contributed by atoms with Gasteiger partial charge in [0.1, 0.15) is 0 Å². The Morgan fingerprint density at radius 2 is 2.21 bits per heavy atom. The number of rotatable bonds is 5. The van der Waals surface area contributed by atoms with Crippen molar-refractivity contribution in [2.24, 2.45) is 0 Å². The van der Waals surface area contributed by atoms with Gasteiger partial charge in [-0.15, -0.1) is 0 Å². The normalized spacial score (nSPS) is 19.9. The van der Waals surface area contributed by atoms with Crippen LogP contribution in [0.4, 0.5) is 0 Å². The van der Waals surface area contributed by atoms with Crippen molar-refractivity contribution in [2.45, 2.75) is 38.8 Å². The van der Waals surface area contributed by atoms with E-state index in [9.17, 15) is 0 Å². The summed E-state index contributed by atoms with van der Waals surface area (Å²) in [5.41, 5.74) is 1.17. The third-order valence-electron chi connectivity index (χ3n) is 3.69. The fourth-order valence-corrected chi connectivity index (χ4v) is 3.16. The first kappa shape index (κ1) is 15.1. The topological polar surface area (TPSA) is 15.3 Å². The average Bonchev–Trinajstić information content (AvgIpc) is 2.42. The van der Waals surface area contributed by atoms with Crippen molar-refractivity contribution in [2.75, 3.05) is 19.6 Å². The van der Waals surface area contributed by atoms with Gasteiger partial charge in [0, 0.05) is 29.2 Å². The Morgan fingerprint density at radius 3 is 2.84 bits per heavy atom. The van der Waals surface area contributed by atoms with Crippen molar-refractivity contribution >= 4 is 23.2 Å². The number of piperidine rings is 1. The summed E-state index contributed by atoms with van der Waals surface area (Å²) in [6.07, 6.45) is 3.71. The van der Waals surface area contributed by atoms with Crippen LogP contribution in [-0.4, -0.2) is 30.6 Å². The van der Waals surface area contributed by atoms with E-state index in [1.165, 1.54) is 24.8 Å². The van der Waals surface area contributed by atoms with Crippen molar-refractivity contribution < 1.29 is 0 Å². The van der Waals surface area contributed by atoms with Gasteiger partial charge < -0.3 is 5.32 Å². The first-order valence-corrected chi connectivity index (χ1v) is 7.85. The zero-order valence-corrected chi connectivity index (χ0v) is 13.0. The molecule has 1 fully saturated rings. The number of benzene rings is 1. The van der Waals surface area contributed by atoms with Gasteiger partial charge in [-0.25, -0.2) is 0 Å². The molecule has 1 heterocycles. The Morgan fingerprint density at radius 1 is 1.37 bits per heavy atom. The van der Waals surface area contributed by atoms with Gasteiger partial charge in [-0.2, -0.15) is 0 Å². The van der Waals surface area contributed by atoms with E-state index in [0.29, 0.717) is 11.1 Å². The van der Waals surface area contributed by atoms with E-state index in [0.717, 1.165) is 31.2 Å². The van der Waals surface area contributed by atoms with E-state index < -0.39 is 0 Å². The first-order chi connectivity index (χ1) is 9.20. The minimum atomic E-state index is 0.625. The van der Waals surface area contributed by atoms with Crippen LogP contribution >= 0.6 is 23.2 Å². The highest BCUT2D eigenvalue weighted by molar-refractivity contribution is 6.35. The fourth-order valence-electron chi connectivity index (χ4n) is 2.69. The van der Waals surface area contributed by atoms with Crippen molar-refractivity contribution in [1.82, 2.24) is 10.2 Å². The standard InChI is InChI=1S/C15H22Cl2N2/c1-2-8-19(14-4-3-7-18-10-14)11-12-5-6-13(16)9-15(12)17/h5-6,9,14,18H,2-4,7-8,10-11H2,1H3. The van der Waals surface area contributed by atoms with E-state index >= 15 is 0 Å². The lowest BCUT2D eigenvalue weighted by molar-refractivity contribution is 0.158. The molecule has 19 heavy (non-hydrogen) atoms. The summed E-state index contributed by atoms with van der Waals surface area (Å²) in [4.78, 5) is 2.54. The minimum Gasteiger partial charge on any atom is -0.315 e. The smallest absolute Gasteiger partial charge is 0.0465 e. The molecule has 4 heteroatoms. The molecule has 0 amide bonds. The molecular formula is C15H22Cl2N2. The number of hydrogen-bond donors (Lipinski definition) is 1. The van der Waals surface area contributed by atoms with Gasteiger partial charge in [-0.3, -0.25) is 4.90 Å². The van der Waals surface area contributed by atoms with Crippen molar-refractivity contribution in [3.05, 3.63) is 33.8 Å². The van der Waals surface area contributed by atoms with E-state index in [1.807, 2.05) is 18.2 Å². The summed E-state index contributed by atoms with van der Waals surface area (Å²) >= 11 is 12.2. The Bertz CT molecular complexity index is 403. The van der Waals surface area contributed by atoms with Crippen LogP contribution < -0.4 is 5.32 Å². The molecule has 1 aliphatic rings. The van der Waals surface area contributed by atoms with Gasteiger partial charge in [-0.1, -0.05) is 36.2 Å². The second kappa shape index (κ2) is 7.49. The van der Waals surface area contributed by atoms with Crippen LogP contribution in [0.1, 0.15) is 31.7 Å². The van der Waals surface area contributed by atoms with Crippen LogP contribution in [0.15, 0.2) is 18.2 Å². The summed E-state index contributed by atoms with van der Waals surface area (Å²) < 4.78 is 0. The maximum atomic E-state index is 6.29. The maximum Gasteiger partial charge on any atom is 0.0465 e. The zero-order valence-electron chi connectivity index (χ0n) is 11.5. The molecule has 1 atom stereocenters. The van der Waals surface area contributed by atoms with Crippen LogP contribution in [0.2, 0.25) is 10.0 Å². The van der Waals surface area contributed by atoms with Crippen LogP contribution in [0.25, 0.3) is 0 Å². The molecule has 0 aliphatic carbocycles. The van der Waals surface area contributed by atoms with E-state index in [2.05, 4.69) is 17.1 Å². The number of nitrogens with one attached hydrogen (secondary N) is 1.